The largest absolute Gasteiger partial charge is 0.449 e. The predicted octanol–water partition coefficient (Wildman–Crippen LogP) is 3.11. The van der Waals surface area contributed by atoms with Crippen LogP contribution in [0.1, 0.15) is 0 Å². The molecular weight excluding hydrogens is 298 g/mol. The Hall–Kier alpha value is -3.40. The van der Waals surface area contributed by atoms with Crippen molar-refractivity contribution in [2.24, 2.45) is 0 Å². The number of nitrogens with zero attached hydrogens (tertiary/aromatic N) is 2. The van der Waals surface area contributed by atoms with Crippen LogP contribution in [0, 0.1) is 0 Å². The molecule has 0 saturated carbocycles. The summed E-state index contributed by atoms with van der Waals surface area (Å²) in [6, 6.07) is 29.4. The maximum absolute atomic E-state index is 12.7. The third-order valence-corrected chi connectivity index (χ3v) is 3.89. The Bertz CT molecular complexity index is 1000. The molecule has 4 heteroatoms. The molecule has 1 aromatic heterocycles. The molecule has 0 bridgehead atoms. The number of nitrogens with one attached hydrogen (secondary N) is 1. The van der Waals surface area contributed by atoms with Crippen molar-refractivity contribution in [3.05, 3.63) is 101 Å². The summed E-state index contributed by atoms with van der Waals surface area (Å²) in [4.78, 5) is 12.7. The van der Waals surface area contributed by atoms with Crippen LogP contribution in [0.2, 0.25) is 0 Å². The van der Waals surface area contributed by atoms with Crippen molar-refractivity contribution >= 4 is 0 Å². The molecular formula is C20H16N3O+. The van der Waals surface area contributed by atoms with E-state index < -0.39 is 0 Å². The van der Waals surface area contributed by atoms with Gasteiger partial charge in [-0.05, 0) is 36.4 Å². The standard InChI is InChI=1S/C20H15N3O/c24-20-21-23(18-14-8-3-9-15-18)19(16-10-4-1-5-11-16)22(20)17-12-6-2-7-13-17/h1-15H/p+1. The zero-order valence-electron chi connectivity index (χ0n) is 13.0. The molecule has 0 unspecified atom stereocenters. The topological polar surface area (TPSA) is 41.7 Å². The minimum Gasteiger partial charge on any atom is -0.216 e. The number of para-hydroxylation sites is 2. The molecule has 4 nitrogen and oxygen atoms in total. The Morgan fingerprint density at radius 3 is 1.88 bits per heavy atom. The fourth-order valence-electron chi connectivity index (χ4n) is 2.82. The van der Waals surface area contributed by atoms with Gasteiger partial charge < -0.3 is 0 Å². The van der Waals surface area contributed by atoms with Gasteiger partial charge in [0.25, 0.3) is 0 Å². The van der Waals surface area contributed by atoms with Crippen molar-refractivity contribution in [3.8, 4) is 22.8 Å². The highest BCUT2D eigenvalue weighted by Gasteiger charge is 2.26. The zero-order chi connectivity index (χ0) is 16.4. The molecule has 4 aromatic rings. The lowest BCUT2D eigenvalue weighted by atomic mass is 10.2. The first kappa shape index (κ1) is 14.2. The van der Waals surface area contributed by atoms with E-state index in [9.17, 15) is 4.79 Å². The lowest BCUT2D eigenvalue weighted by Crippen LogP contribution is -2.36. The van der Waals surface area contributed by atoms with Crippen LogP contribution >= 0.6 is 0 Å². The first-order chi connectivity index (χ1) is 11.8. The second-order valence-corrected chi connectivity index (χ2v) is 5.45. The molecule has 0 aliphatic heterocycles. The summed E-state index contributed by atoms with van der Waals surface area (Å²) < 4.78 is 3.52. The Balaban J connectivity index is 2.05. The van der Waals surface area contributed by atoms with Crippen LogP contribution in [0.4, 0.5) is 0 Å². The summed E-state index contributed by atoms with van der Waals surface area (Å²) in [5, 5.41) is 2.95. The highest BCUT2D eigenvalue weighted by atomic mass is 16.2. The molecule has 0 atom stereocenters. The summed E-state index contributed by atoms with van der Waals surface area (Å²) >= 11 is 0. The molecule has 0 fully saturated rings. The van der Waals surface area contributed by atoms with Gasteiger partial charge in [-0.15, -0.1) is 14.3 Å². The van der Waals surface area contributed by atoms with Gasteiger partial charge in [-0.3, -0.25) is 0 Å². The summed E-state index contributed by atoms with van der Waals surface area (Å²) in [7, 11) is 0. The van der Waals surface area contributed by atoms with E-state index in [2.05, 4.69) is 5.10 Å². The smallest absolute Gasteiger partial charge is 0.216 e. The summed E-state index contributed by atoms with van der Waals surface area (Å²) in [6.07, 6.45) is 0. The molecule has 1 N–H and O–H groups in total. The van der Waals surface area contributed by atoms with Crippen LogP contribution in [0.15, 0.2) is 95.8 Å². The van der Waals surface area contributed by atoms with Crippen molar-refractivity contribution in [3.63, 3.8) is 0 Å². The van der Waals surface area contributed by atoms with Crippen molar-refractivity contribution in [2.45, 2.75) is 0 Å². The number of rotatable bonds is 3. The summed E-state index contributed by atoms with van der Waals surface area (Å²) in [5.41, 5.74) is 2.52. The maximum atomic E-state index is 12.7. The summed E-state index contributed by atoms with van der Waals surface area (Å²) in [5.74, 6) is 0.790. The molecule has 3 aromatic carbocycles. The third-order valence-electron chi connectivity index (χ3n) is 3.89. The fraction of sp³-hybridized carbons (Fsp3) is 0. The van der Waals surface area contributed by atoms with Crippen LogP contribution < -0.4 is 10.4 Å². The van der Waals surface area contributed by atoms with E-state index in [0.717, 1.165) is 22.8 Å². The predicted molar refractivity (Wildman–Crippen MR) is 93.4 cm³/mol. The molecule has 0 saturated heterocycles. The van der Waals surface area contributed by atoms with Crippen molar-refractivity contribution in [2.75, 3.05) is 0 Å². The maximum Gasteiger partial charge on any atom is 0.449 e. The zero-order valence-corrected chi connectivity index (χ0v) is 13.0. The van der Waals surface area contributed by atoms with Gasteiger partial charge in [0, 0.05) is 0 Å². The van der Waals surface area contributed by atoms with E-state index in [1.165, 1.54) is 0 Å². The van der Waals surface area contributed by atoms with E-state index in [1.807, 2.05) is 95.7 Å². The minimum atomic E-state index is -0.177. The molecule has 24 heavy (non-hydrogen) atoms. The average molecular weight is 314 g/mol. The van der Waals surface area contributed by atoms with Crippen molar-refractivity contribution in [1.29, 1.82) is 0 Å². The first-order valence-corrected chi connectivity index (χ1v) is 7.78. The van der Waals surface area contributed by atoms with E-state index in [1.54, 1.807) is 4.57 Å². The lowest BCUT2D eigenvalue weighted by Gasteiger charge is -2.03. The molecule has 0 aliphatic carbocycles. The van der Waals surface area contributed by atoms with Gasteiger partial charge in [-0.25, -0.2) is 4.79 Å². The van der Waals surface area contributed by atoms with E-state index in [0.29, 0.717) is 0 Å². The molecule has 0 aliphatic rings. The Kier molecular flexibility index (Phi) is 3.56. The molecule has 0 spiro atoms. The molecule has 116 valence electrons. The number of aromatic nitrogens is 3. The quantitative estimate of drug-likeness (QED) is 0.580. The van der Waals surface area contributed by atoms with Crippen molar-refractivity contribution in [1.82, 2.24) is 9.67 Å². The fourth-order valence-corrected chi connectivity index (χ4v) is 2.82. The number of hydrogen-bond donors (Lipinski definition) is 1. The second kappa shape index (κ2) is 6.01. The van der Waals surface area contributed by atoms with Gasteiger partial charge >= 0.3 is 11.5 Å². The third kappa shape index (κ3) is 2.44. The SMILES string of the molecule is O=c1[nH][n+](-c2ccccc2)c(-c2ccccc2)n1-c1ccccc1. The number of benzene rings is 3. The van der Waals surface area contributed by atoms with Gasteiger partial charge in [-0.1, -0.05) is 54.6 Å². The number of aromatic amines is 1. The van der Waals surface area contributed by atoms with Crippen LogP contribution in [0.3, 0.4) is 0 Å². The van der Waals surface area contributed by atoms with Crippen molar-refractivity contribution < 1.29 is 4.68 Å². The lowest BCUT2D eigenvalue weighted by molar-refractivity contribution is -0.646. The average Bonchev–Trinajstić information content (AvgIpc) is 3.01. The van der Waals surface area contributed by atoms with Gasteiger partial charge in [0.2, 0.25) is 0 Å². The normalized spacial score (nSPS) is 10.7. The molecule has 1 heterocycles. The van der Waals surface area contributed by atoms with E-state index in [4.69, 9.17) is 0 Å². The summed E-state index contributed by atoms with van der Waals surface area (Å²) in [6.45, 7) is 0. The van der Waals surface area contributed by atoms with Gasteiger partial charge in [0.1, 0.15) is 5.69 Å². The second-order valence-electron chi connectivity index (χ2n) is 5.45. The Labute approximate surface area is 139 Å². The van der Waals surface area contributed by atoms with Gasteiger partial charge in [0.05, 0.1) is 5.56 Å². The highest BCUT2D eigenvalue weighted by molar-refractivity contribution is 5.56. The Morgan fingerprint density at radius 2 is 1.25 bits per heavy atom. The number of H-pyrrole nitrogens is 1. The van der Waals surface area contributed by atoms with Crippen LogP contribution in [0.25, 0.3) is 22.8 Å². The van der Waals surface area contributed by atoms with Gasteiger partial charge in [0.15, 0.2) is 5.69 Å². The molecule has 4 rings (SSSR count). The highest BCUT2D eigenvalue weighted by Crippen LogP contribution is 2.18. The number of hydrogen-bond acceptors (Lipinski definition) is 1. The van der Waals surface area contributed by atoms with E-state index >= 15 is 0 Å². The van der Waals surface area contributed by atoms with E-state index in [-0.39, 0.29) is 5.69 Å². The molecule has 0 radical (unpaired) electrons. The Morgan fingerprint density at radius 1 is 0.708 bits per heavy atom. The van der Waals surface area contributed by atoms with Gasteiger partial charge in [-0.2, -0.15) is 0 Å². The molecule has 0 amide bonds. The van der Waals surface area contributed by atoms with Crippen LogP contribution in [-0.4, -0.2) is 9.67 Å². The monoisotopic (exact) mass is 314 g/mol. The minimum absolute atomic E-state index is 0.177. The van der Waals surface area contributed by atoms with Crippen LogP contribution in [-0.2, 0) is 0 Å². The van der Waals surface area contributed by atoms with Crippen LogP contribution in [0.5, 0.6) is 0 Å². The first-order valence-electron chi connectivity index (χ1n) is 7.78.